The predicted molar refractivity (Wildman–Crippen MR) is 138 cm³/mol. The number of aryl methyl sites for hydroxylation is 1. The molecule has 0 bridgehead atoms. The minimum atomic E-state index is -0.223. The van der Waals surface area contributed by atoms with E-state index < -0.39 is 0 Å². The molecule has 0 unspecified atom stereocenters. The van der Waals surface area contributed by atoms with Crippen LogP contribution in [-0.2, 0) is 24.2 Å². The molecule has 3 heterocycles. The van der Waals surface area contributed by atoms with Crippen LogP contribution in [0.5, 0.6) is 0 Å². The third-order valence-electron chi connectivity index (χ3n) is 5.84. The van der Waals surface area contributed by atoms with Crippen LogP contribution in [0.1, 0.15) is 45.6 Å². The molecule has 0 saturated heterocycles. The lowest BCUT2D eigenvalue weighted by Crippen LogP contribution is -2.26. The quantitative estimate of drug-likeness (QED) is 0.348. The van der Waals surface area contributed by atoms with Crippen LogP contribution in [0.25, 0.3) is 16.7 Å². The van der Waals surface area contributed by atoms with E-state index >= 15 is 0 Å². The number of imidazole rings is 1. The number of aromatic amines is 1. The van der Waals surface area contributed by atoms with Gasteiger partial charge < -0.3 is 15.0 Å². The number of carbonyl (C=O) groups is 1. The lowest BCUT2D eigenvalue weighted by atomic mass is 10.1. The summed E-state index contributed by atoms with van der Waals surface area (Å²) < 4.78 is 7.01. The maximum Gasteiger partial charge on any atom is 0.255 e. The van der Waals surface area contributed by atoms with E-state index in [0.29, 0.717) is 42.8 Å². The fourth-order valence-corrected chi connectivity index (χ4v) is 4.02. The zero-order valence-electron chi connectivity index (χ0n) is 20.2. The molecular formula is C28H26N6O2. The molecule has 1 amide bonds. The summed E-state index contributed by atoms with van der Waals surface area (Å²) >= 11 is 0. The Bertz CT molecular complexity index is 1550. The number of nitrogens with zero attached hydrogens (tertiary/aromatic N) is 4. The lowest BCUT2D eigenvalue weighted by Gasteiger charge is -2.07. The Kier molecular flexibility index (Phi) is 6.74. The molecular weight excluding hydrogens is 452 g/mol. The van der Waals surface area contributed by atoms with Crippen molar-refractivity contribution in [1.29, 1.82) is 0 Å². The lowest BCUT2D eigenvalue weighted by molar-refractivity contribution is 0.0955. The van der Waals surface area contributed by atoms with E-state index in [0.717, 1.165) is 33.8 Å². The Hall–Kier alpha value is -4.48. The maximum absolute atomic E-state index is 13.2. The van der Waals surface area contributed by atoms with Gasteiger partial charge >= 0.3 is 0 Å². The second kappa shape index (κ2) is 10.4. The van der Waals surface area contributed by atoms with Gasteiger partial charge in [0.1, 0.15) is 11.6 Å². The van der Waals surface area contributed by atoms with E-state index in [9.17, 15) is 4.79 Å². The number of methoxy groups -OCH3 is 1. The van der Waals surface area contributed by atoms with Gasteiger partial charge in [-0.25, -0.2) is 4.98 Å². The van der Waals surface area contributed by atoms with Crippen molar-refractivity contribution < 1.29 is 9.53 Å². The van der Waals surface area contributed by atoms with Crippen molar-refractivity contribution in [3.8, 4) is 11.8 Å². The molecule has 2 N–H and O–H groups in total. The third kappa shape index (κ3) is 4.97. The monoisotopic (exact) mass is 478 g/mol. The van der Waals surface area contributed by atoms with E-state index in [1.165, 1.54) is 0 Å². The van der Waals surface area contributed by atoms with Gasteiger partial charge in [-0.2, -0.15) is 0 Å². The summed E-state index contributed by atoms with van der Waals surface area (Å²) in [7, 11) is 1.67. The Morgan fingerprint density at radius 1 is 1.08 bits per heavy atom. The molecule has 0 saturated carbocycles. The van der Waals surface area contributed by atoms with Crippen LogP contribution in [-0.4, -0.2) is 44.1 Å². The highest BCUT2D eigenvalue weighted by atomic mass is 16.5. The normalized spacial score (nSPS) is 10.9. The van der Waals surface area contributed by atoms with Crippen molar-refractivity contribution in [1.82, 2.24) is 29.9 Å². The summed E-state index contributed by atoms with van der Waals surface area (Å²) in [6.45, 7) is 3.00. The summed E-state index contributed by atoms with van der Waals surface area (Å²) in [5.41, 5.74) is 5.53. The number of carbonyl (C=O) groups excluding carboxylic acids is 1. The predicted octanol–water partition coefficient (Wildman–Crippen LogP) is 3.69. The first-order valence-corrected chi connectivity index (χ1v) is 11.8. The molecule has 5 aromatic rings. The zero-order chi connectivity index (χ0) is 24.9. The molecule has 180 valence electrons. The highest BCUT2D eigenvalue weighted by Gasteiger charge is 2.16. The summed E-state index contributed by atoms with van der Waals surface area (Å²) in [5.74, 6) is 7.74. The topological polar surface area (TPSA) is 97.2 Å². The summed E-state index contributed by atoms with van der Waals surface area (Å²) in [6, 6.07) is 17.5. The first-order chi connectivity index (χ1) is 17.6. The number of H-pyrrole nitrogens is 1. The number of aromatic nitrogens is 5. The average molecular weight is 479 g/mol. The minimum absolute atomic E-state index is 0.223. The van der Waals surface area contributed by atoms with Crippen LogP contribution in [0.4, 0.5) is 0 Å². The minimum Gasteiger partial charge on any atom is -0.380 e. The van der Waals surface area contributed by atoms with Gasteiger partial charge in [0.25, 0.3) is 5.91 Å². The van der Waals surface area contributed by atoms with Crippen LogP contribution in [0.15, 0.2) is 60.8 Å². The molecule has 8 nitrogen and oxygen atoms in total. The SMILES string of the molecule is CCc1nnc2c(C(=O)NCCc3nc4ccccc4[nH]3)cc(C#Cc3ccc(COC)cc3)cn12. The first kappa shape index (κ1) is 23.3. The van der Waals surface area contributed by atoms with Crippen LogP contribution in [0, 0.1) is 11.8 Å². The summed E-state index contributed by atoms with van der Waals surface area (Å²) in [6.07, 6.45) is 3.15. The number of benzene rings is 2. The number of para-hydroxylation sites is 2. The highest BCUT2D eigenvalue weighted by molar-refractivity contribution is 6.00. The van der Waals surface area contributed by atoms with Gasteiger partial charge in [0.15, 0.2) is 5.65 Å². The molecule has 3 aromatic heterocycles. The van der Waals surface area contributed by atoms with Crippen LogP contribution < -0.4 is 5.32 Å². The number of ether oxygens (including phenoxy) is 1. The molecule has 8 heteroatoms. The van der Waals surface area contributed by atoms with E-state index in [4.69, 9.17) is 4.74 Å². The number of fused-ring (bicyclic) bond motifs is 2. The average Bonchev–Trinajstić information content (AvgIpc) is 3.51. The van der Waals surface area contributed by atoms with E-state index in [-0.39, 0.29) is 5.91 Å². The Labute approximate surface area is 208 Å². The Balaban J connectivity index is 1.37. The van der Waals surface area contributed by atoms with Gasteiger partial charge in [-0.15, -0.1) is 10.2 Å². The molecule has 0 aliphatic heterocycles. The van der Waals surface area contributed by atoms with E-state index in [2.05, 4.69) is 37.3 Å². The number of pyridine rings is 1. The maximum atomic E-state index is 13.2. The van der Waals surface area contributed by atoms with Gasteiger partial charge in [-0.3, -0.25) is 9.20 Å². The second-order valence-electron chi connectivity index (χ2n) is 8.39. The fraction of sp³-hybridized carbons (Fsp3) is 0.214. The van der Waals surface area contributed by atoms with Gasteiger partial charge in [-0.05, 0) is 35.9 Å². The molecule has 2 aromatic carbocycles. The van der Waals surface area contributed by atoms with E-state index in [1.54, 1.807) is 13.2 Å². The number of amides is 1. The molecule has 5 rings (SSSR count). The molecule has 36 heavy (non-hydrogen) atoms. The molecule has 0 aliphatic rings. The number of hydrogen-bond donors (Lipinski definition) is 2. The first-order valence-electron chi connectivity index (χ1n) is 11.8. The van der Waals surface area contributed by atoms with Crippen molar-refractivity contribution >= 4 is 22.6 Å². The van der Waals surface area contributed by atoms with Gasteiger partial charge in [0, 0.05) is 43.8 Å². The Morgan fingerprint density at radius 2 is 1.89 bits per heavy atom. The smallest absolute Gasteiger partial charge is 0.255 e. The molecule has 0 fully saturated rings. The molecule has 0 atom stereocenters. The van der Waals surface area contributed by atoms with Crippen LogP contribution in [0.2, 0.25) is 0 Å². The summed E-state index contributed by atoms with van der Waals surface area (Å²) in [4.78, 5) is 21.0. The van der Waals surface area contributed by atoms with Crippen molar-refractivity contribution in [2.45, 2.75) is 26.4 Å². The van der Waals surface area contributed by atoms with Crippen molar-refractivity contribution in [2.75, 3.05) is 13.7 Å². The largest absolute Gasteiger partial charge is 0.380 e. The number of nitrogens with one attached hydrogen (secondary N) is 2. The number of hydrogen-bond acceptors (Lipinski definition) is 5. The van der Waals surface area contributed by atoms with Gasteiger partial charge in [0.2, 0.25) is 0 Å². The van der Waals surface area contributed by atoms with Crippen molar-refractivity contribution in [3.05, 3.63) is 94.7 Å². The Morgan fingerprint density at radius 3 is 2.67 bits per heavy atom. The molecule has 0 radical (unpaired) electrons. The van der Waals surface area contributed by atoms with E-state index in [1.807, 2.05) is 66.1 Å². The van der Waals surface area contributed by atoms with Crippen LogP contribution >= 0.6 is 0 Å². The standard InChI is InChI=1S/C28H26N6O2/c1-3-26-32-33-27-22(28(35)29-15-14-25-30-23-6-4-5-7-24(23)31-25)16-21(17-34(26)27)13-10-19-8-11-20(12-9-19)18-36-2/h4-9,11-12,16-17H,3,14-15,18H2,1-2H3,(H,29,35)(H,30,31). The van der Waals surface area contributed by atoms with Gasteiger partial charge in [0.05, 0.1) is 23.2 Å². The fourth-order valence-electron chi connectivity index (χ4n) is 4.02. The highest BCUT2D eigenvalue weighted by Crippen LogP contribution is 2.15. The third-order valence-corrected chi connectivity index (χ3v) is 5.84. The molecule has 0 aliphatic carbocycles. The molecule has 0 spiro atoms. The second-order valence-corrected chi connectivity index (χ2v) is 8.39. The van der Waals surface area contributed by atoms with Crippen molar-refractivity contribution in [3.63, 3.8) is 0 Å². The van der Waals surface area contributed by atoms with Gasteiger partial charge in [-0.1, -0.05) is 43.0 Å². The zero-order valence-corrected chi connectivity index (χ0v) is 20.2. The number of rotatable bonds is 7. The van der Waals surface area contributed by atoms with Crippen LogP contribution in [0.3, 0.4) is 0 Å². The van der Waals surface area contributed by atoms with Crippen molar-refractivity contribution in [2.24, 2.45) is 0 Å². The summed E-state index contributed by atoms with van der Waals surface area (Å²) in [5, 5.41) is 11.5.